The minimum Gasteiger partial charge on any atom is -0.619 e. The van der Waals surface area contributed by atoms with Gasteiger partial charge in [0.25, 0.3) is 0 Å². The third-order valence-corrected chi connectivity index (χ3v) is 10.2. The van der Waals surface area contributed by atoms with Gasteiger partial charge in [-0.15, -0.1) is 0 Å². The van der Waals surface area contributed by atoms with Crippen LogP contribution in [-0.2, 0) is 41.9 Å². The Labute approximate surface area is 293 Å². The number of fused-ring (bicyclic) bond motifs is 1. The quantitative estimate of drug-likeness (QED) is 0.104. The second-order valence-electron chi connectivity index (χ2n) is 15.2. The van der Waals surface area contributed by atoms with E-state index in [0.29, 0.717) is 11.7 Å². The molecular weight excluding hydrogens is 657 g/mol. The largest absolute Gasteiger partial charge is 0.680 e. The highest BCUT2D eigenvalue weighted by Gasteiger charge is 2.61. The molecule has 1 unspecified atom stereocenters. The number of carbonyl (C=O) groups excluding carboxylic acids is 4. The van der Waals surface area contributed by atoms with E-state index in [9.17, 15) is 19.2 Å². The molecule has 2 fully saturated rings. The van der Waals surface area contributed by atoms with Crippen LogP contribution in [0, 0.1) is 16.2 Å². The molecule has 266 valence electrons. The fraction of sp³-hybridized carbons (Fsp3) is 0.657. The van der Waals surface area contributed by atoms with Gasteiger partial charge in [0, 0.05) is 5.92 Å². The first-order valence-electron chi connectivity index (χ1n) is 16.5. The minimum absolute atomic E-state index is 0.135. The lowest BCUT2D eigenvalue weighted by molar-refractivity contribution is -0.260. The van der Waals surface area contributed by atoms with Gasteiger partial charge in [-0.2, -0.15) is 0 Å². The van der Waals surface area contributed by atoms with Crippen LogP contribution in [0.15, 0.2) is 42.3 Å². The van der Waals surface area contributed by atoms with Crippen LogP contribution in [0.1, 0.15) is 94.1 Å². The fourth-order valence-electron chi connectivity index (χ4n) is 4.87. The van der Waals surface area contributed by atoms with Crippen LogP contribution in [0.2, 0.25) is 5.28 Å². The van der Waals surface area contributed by atoms with Crippen molar-refractivity contribution >= 4 is 47.6 Å². The molecule has 1 aromatic rings. The summed E-state index contributed by atoms with van der Waals surface area (Å²) in [5.41, 5.74) is -1.78. The maximum Gasteiger partial charge on any atom is 0.680 e. The van der Waals surface area contributed by atoms with Crippen LogP contribution in [0.4, 0.5) is 4.79 Å². The first kappa shape index (κ1) is 39.7. The average Bonchev–Trinajstić information content (AvgIpc) is 3.33. The summed E-state index contributed by atoms with van der Waals surface area (Å²) in [5, 5.41) is 0.546. The van der Waals surface area contributed by atoms with Crippen molar-refractivity contribution in [1.29, 1.82) is 0 Å². The molecule has 0 N–H and O–H groups in total. The molecule has 0 aliphatic carbocycles. The van der Waals surface area contributed by atoms with E-state index >= 15 is 0 Å². The van der Waals surface area contributed by atoms with Crippen molar-refractivity contribution in [2.45, 2.75) is 124 Å². The Kier molecular flexibility index (Phi) is 13.1. The number of esters is 3. The molecule has 2 aliphatic heterocycles. The lowest BCUT2D eigenvalue weighted by Crippen LogP contribution is -2.64. The second-order valence-corrected chi connectivity index (χ2v) is 18.6. The molecule has 13 heteroatoms. The molecule has 0 saturated carbocycles. The van der Waals surface area contributed by atoms with Gasteiger partial charge in [-0.05, 0) is 85.7 Å². The van der Waals surface area contributed by atoms with Gasteiger partial charge in [-0.25, -0.2) is 19.7 Å². The van der Waals surface area contributed by atoms with Crippen molar-refractivity contribution in [2.75, 3.05) is 6.61 Å². The minimum atomic E-state index is -2.36. The second kappa shape index (κ2) is 15.8. The predicted molar refractivity (Wildman–Crippen MR) is 181 cm³/mol. The molecule has 1 amide bonds. The molecule has 48 heavy (non-hydrogen) atoms. The molecular formula is C35H51AlClNO10. The Hall–Kier alpha value is -2.78. The van der Waals surface area contributed by atoms with Crippen LogP contribution in [0.25, 0.3) is 0 Å². The van der Waals surface area contributed by atoms with E-state index < -0.39 is 84.5 Å². The van der Waals surface area contributed by atoms with Crippen LogP contribution in [0.3, 0.4) is 0 Å². The van der Waals surface area contributed by atoms with E-state index in [0.717, 1.165) is 5.56 Å². The Morgan fingerprint density at radius 2 is 1.44 bits per heavy atom. The lowest BCUT2D eigenvalue weighted by Gasteiger charge is -2.44. The summed E-state index contributed by atoms with van der Waals surface area (Å²) in [6.07, 6.45) is -3.42. The van der Waals surface area contributed by atoms with E-state index in [2.05, 4.69) is 0 Å². The summed E-state index contributed by atoms with van der Waals surface area (Å²) >= 11 is -2.36. The van der Waals surface area contributed by atoms with E-state index in [1.165, 1.54) is 4.90 Å². The normalized spacial score (nSPS) is 23.8. The summed E-state index contributed by atoms with van der Waals surface area (Å²) in [6.45, 7) is 18.7. The first-order valence-corrected chi connectivity index (χ1v) is 19.5. The third kappa shape index (κ3) is 9.90. The number of allylic oxidation sites excluding steroid dienone is 1. The Balaban J connectivity index is 2.20. The highest BCUT2D eigenvalue weighted by atomic mass is 35.6. The lowest BCUT2D eigenvalue weighted by atomic mass is 9.92. The van der Waals surface area contributed by atoms with Crippen molar-refractivity contribution < 1.29 is 46.7 Å². The highest BCUT2D eigenvalue weighted by molar-refractivity contribution is 7.03. The zero-order valence-corrected chi connectivity index (χ0v) is 31.9. The van der Waals surface area contributed by atoms with Gasteiger partial charge in [-0.1, -0.05) is 44.2 Å². The Morgan fingerprint density at radius 3 is 1.94 bits per heavy atom. The molecule has 0 aromatic heterocycles. The topological polar surface area (TPSA) is 127 Å². The molecule has 2 aliphatic rings. The maximum atomic E-state index is 13.8. The van der Waals surface area contributed by atoms with Gasteiger partial charge >= 0.3 is 37.6 Å². The van der Waals surface area contributed by atoms with Crippen molar-refractivity contribution in [3.8, 4) is 0 Å². The number of amides is 1. The van der Waals surface area contributed by atoms with Crippen LogP contribution in [0.5, 0.6) is 0 Å². The molecule has 2 saturated heterocycles. The number of hydrogen-bond donors (Lipinski definition) is 0. The van der Waals surface area contributed by atoms with Crippen molar-refractivity contribution in [3.05, 3.63) is 47.9 Å². The van der Waals surface area contributed by atoms with Gasteiger partial charge in [-0.3, -0.25) is 14.4 Å². The summed E-state index contributed by atoms with van der Waals surface area (Å²) in [6, 6.07) is 8.58. The summed E-state index contributed by atoms with van der Waals surface area (Å²) in [5.74, 6) is -1.80. The molecule has 1 aromatic carbocycles. The van der Waals surface area contributed by atoms with Crippen molar-refractivity contribution in [1.82, 2.24) is 4.90 Å². The number of benzene rings is 1. The monoisotopic (exact) mass is 707 g/mol. The molecule has 0 bridgehead atoms. The molecule has 3 rings (SSSR count). The first-order chi connectivity index (χ1) is 22.2. The van der Waals surface area contributed by atoms with Gasteiger partial charge in [0.1, 0.15) is 18.8 Å². The molecule has 2 heterocycles. The SMILES string of the molecule is CCC(/C=C(\[O][Al]([Cl])[CH2]C)N1C(=O)O[C@H]2O[C@H](COC(=O)C(C)(C)C)[C@H](OC(=O)C(C)(C)C)[C@H](OC(=O)C(C)(C)C)[C@H]21)c1ccccc1. The van der Waals surface area contributed by atoms with Crippen molar-refractivity contribution in [3.63, 3.8) is 0 Å². The summed E-state index contributed by atoms with van der Waals surface area (Å²) in [4.78, 5) is 54.8. The van der Waals surface area contributed by atoms with Gasteiger partial charge in [0.15, 0.2) is 18.1 Å². The van der Waals surface area contributed by atoms with E-state index in [4.69, 9.17) is 37.5 Å². The summed E-state index contributed by atoms with van der Waals surface area (Å²) in [7, 11) is 6.66. The molecule has 6 atom stereocenters. The highest BCUT2D eigenvalue weighted by Crippen LogP contribution is 2.40. The van der Waals surface area contributed by atoms with Crippen LogP contribution in [-0.4, -0.2) is 79.7 Å². The molecule has 0 radical (unpaired) electrons. The van der Waals surface area contributed by atoms with E-state index in [1.807, 2.05) is 50.3 Å². The standard InChI is InChI=1S/C33H47NO10.C2H5.Al.ClH/c1-11-19(20-15-13-12-14-16-20)17-22(35)34-23-25(43-29(38)33(8,9)10)24(42-28(37)32(5,6)7)21(41-26(23)44-30(34)39)18-40-27(36)31(2,3)4;1-2;;/h12-17,19,21,23-26,35H,11,18H2,1-10H3;1H2,2H3;;1H/q;;+2;/p-2/b22-17-;;;/t19?,21-,23-,24+,25-,26-;;;/m1.../s1. The fourth-order valence-corrected chi connectivity index (χ4v) is 5.77. The molecule has 0 spiro atoms. The predicted octanol–water partition coefficient (Wildman–Crippen LogP) is 6.84. The zero-order valence-electron chi connectivity index (χ0n) is 30.0. The maximum absolute atomic E-state index is 13.8. The number of ether oxygens (including phenoxy) is 5. The summed E-state index contributed by atoms with van der Waals surface area (Å²) < 4.78 is 36.1. The Bertz CT molecular complexity index is 1330. The van der Waals surface area contributed by atoms with E-state index in [1.54, 1.807) is 62.3 Å². The number of rotatable bonds is 11. The van der Waals surface area contributed by atoms with Crippen LogP contribution >= 0.6 is 10.0 Å². The van der Waals surface area contributed by atoms with Gasteiger partial charge < -0.3 is 27.5 Å². The smallest absolute Gasteiger partial charge is 0.619 e. The average molecular weight is 708 g/mol. The van der Waals surface area contributed by atoms with E-state index in [-0.39, 0.29) is 18.4 Å². The molecule has 11 nitrogen and oxygen atoms in total. The zero-order chi connectivity index (χ0) is 36.2. The Morgan fingerprint density at radius 1 is 0.896 bits per heavy atom. The number of halogens is 1. The van der Waals surface area contributed by atoms with Gasteiger partial charge in [0.2, 0.25) is 6.29 Å². The number of hydrogen-bond acceptors (Lipinski definition) is 10. The van der Waals surface area contributed by atoms with Crippen LogP contribution < -0.4 is 0 Å². The van der Waals surface area contributed by atoms with Crippen molar-refractivity contribution in [2.24, 2.45) is 16.2 Å². The number of nitrogens with zero attached hydrogens (tertiary/aromatic N) is 1. The van der Waals surface area contributed by atoms with Gasteiger partial charge in [0.05, 0.1) is 16.2 Å². The number of carbonyl (C=O) groups is 4. The third-order valence-electron chi connectivity index (χ3n) is 7.85.